The van der Waals surface area contributed by atoms with E-state index in [9.17, 15) is 19.5 Å². The van der Waals surface area contributed by atoms with Gasteiger partial charge >= 0.3 is 5.97 Å². The lowest BCUT2D eigenvalue weighted by atomic mass is 9.92. The molecule has 0 unspecified atom stereocenters. The number of benzene rings is 3. The summed E-state index contributed by atoms with van der Waals surface area (Å²) in [6.07, 6.45) is 8.49. The number of amides is 2. The average Bonchev–Trinajstić information content (AvgIpc) is 3.07. The molecule has 236 valence electrons. The van der Waals surface area contributed by atoms with Gasteiger partial charge in [-0.25, -0.2) is 0 Å². The average molecular weight is 609 g/mol. The van der Waals surface area contributed by atoms with E-state index >= 15 is 0 Å². The summed E-state index contributed by atoms with van der Waals surface area (Å²) < 4.78 is 5.90. The van der Waals surface area contributed by atoms with E-state index in [0.29, 0.717) is 38.6 Å². The van der Waals surface area contributed by atoms with Crippen molar-refractivity contribution in [2.24, 2.45) is 11.8 Å². The second kappa shape index (κ2) is 16.2. The number of aliphatic hydroxyl groups is 1. The second-order valence-electron chi connectivity index (χ2n) is 12.3. The molecule has 0 fully saturated rings. The molecule has 3 aromatic rings. The summed E-state index contributed by atoms with van der Waals surface area (Å²) in [5.74, 6) is -1.49. The zero-order valence-corrected chi connectivity index (χ0v) is 25.9. The molecule has 0 radical (unpaired) electrons. The molecule has 2 aliphatic heterocycles. The first-order valence-corrected chi connectivity index (χ1v) is 16.2. The van der Waals surface area contributed by atoms with E-state index in [1.165, 1.54) is 0 Å². The Morgan fingerprint density at radius 3 is 2.22 bits per heavy atom. The summed E-state index contributed by atoms with van der Waals surface area (Å²) in [4.78, 5) is 42.6. The van der Waals surface area contributed by atoms with Crippen molar-refractivity contribution in [1.82, 2.24) is 10.2 Å². The molecule has 2 aliphatic rings. The van der Waals surface area contributed by atoms with Crippen molar-refractivity contribution in [3.8, 4) is 0 Å². The number of allylic oxidation sites excluding steroid dienone is 2. The van der Waals surface area contributed by atoms with Gasteiger partial charge in [0.1, 0.15) is 6.61 Å². The van der Waals surface area contributed by atoms with E-state index in [1.807, 2.05) is 91.0 Å². The van der Waals surface area contributed by atoms with Crippen LogP contribution in [0.2, 0.25) is 0 Å². The van der Waals surface area contributed by atoms with E-state index in [2.05, 4.69) is 11.4 Å². The molecular weight excluding hydrogens is 564 g/mol. The third-order valence-electron chi connectivity index (χ3n) is 8.95. The van der Waals surface area contributed by atoms with Crippen LogP contribution in [0.15, 0.2) is 97.1 Å². The van der Waals surface area contributed by atoms with Gasteiger partial charge in [-0.3, -0.25) is 14.4 Å². The van der Waals surface area contributed by atoms with Crippen LogP contribution in [0, 0.1) is 11.8 Å². The first kappa shape index (κ1) is 32.2. The van der Waals surface area contributed by atoms with Gasteiger partial charge < -0.3 is 20.1 Å². The lowest BCUT2D eigenvalue weighted by Crippen LogP contribution is -2.48. The SMILES string of the molecule is O=C1N[C@@H](Cc2ccccc2)COC(=O)[C@@H](Cc2ccccc2)CCCC=CC[C@@H]1CC(=O)N1Cc2ccccc2C[C@H]1CO. The number of nitrogens with one attached hydrogen (secondary N) is 1. The number of esters is 1. The Hall–Kier alpha value is -4.23. The van der Waals surface area contributed by atoms with Crippen LogP contribution >= 0.6 is 0 Å². The molecule has 2 amide bonds. The van der Waals surface area contributed by atoms with Crippen molar-refractivity contribution in [3.05, 3.63) is 119 Å². The Morgan fingerprint density at radius 1 is 0.844 bits per heavy atom. The highest BCUT2D eigenvalue weighted by atomic mass is 16.5. The van der Waals surface area contributed by atoms with Gasteiger partial charge in [-0.05, 0) is 67.2 Å². The summed E-state index contributed by atoms with van der Waals surface area (Å²) in [5, 5.41) is 13.3. The topological polar surface area (TPSA) is 95.9 Å². The van der Waals surface area contributed by atoms with Crippen LogP contribution in [0.4, 0.5) is 0 Å². The maximum Gasteiger partial charge on any atom is 0.309 e. The summed E-state index contributed by atoms with van der Waals surface area (Å²) in [6.45, 7) is 0.338. The molecule has 0 aliphatic carbocycles. The molecule has 7 nitrogen and oxygen atoms in total. The van der Waals surface area contributed by atoms with Crippen molar-refractivity contribution >= 4 is 17.8 Å². The maximum atomic E-state index is 13.8. The standard InChI is InChI=1S/C38H44N2O5/c41-26-35-23-30-17-11-12-20-33(30)25-40(35)36(42)24-31-18-9-1-2-10-19-32(21-28-13-5-3-6-14-28)38(44)45-27-34(39-37(31)43)22-29-15-7-4-8-16-29/h1,3-9,11-17,20,31-32,34-35,41H,2,10,18-19,21-27H2,(H,39,43)/t31-,32-,34+,35+/m1/s1. The normalized spacial score (nSPS) is 22.9. The van der Waals surface area contributed by atoms with Gasteiger partial charge in [0.15, 0.2) is 0 Å². The van der Waals surface area contributed by atoms with Crippen LogP contribution in [-0.2, 0) is 44.9 Å². The lowest BCUT2D eigenvalue weighted by molar-refractivity contribution is -0.150. The molecule has 2 heterocycles. The van der Waals surface area contributed by atoms with E-state index in [0.717, 1.165) is 35.1 Å². The number of ether oxygens (including phenoxy) is 1. The number of carbonyl (C=O) groups is 3. The molecule has 2 N–H and O–H groups in total. The van der Waals surface area contributed by atoms with Gasteiger partial charge in [-0.2, -0.15) is 0 Å². The van der Waals surface area contributed by atoms with E-state index in [4.69, 9.17) is 4.74 Å². The molecule has 5 rings (SSSR count). The molecule has 0 saturated carbocycles. The fraction of sp³-hybridized carbons (Fsp3) is 0.395. The number of nitrogens with zero attached hydrogens (tertiary/aromatic N) is 1. The molecule has 0 saturated heterocycles. The van der Waals surface area contributed by atoms with Gasteiger partial charge in [0.25, 0.3) is 0 Å². The quantitative estimate of drug-likeness (QED) is 0.284. The van der Waals surface area contributed by atoms with Gasteiger partial charge in [-0.1, -0.05) is 97.1 Å². The summed E-state index contributed by atoms with van der Waals surface area (Å²) in [6, 6.07) is 27.0. The molecule has 0 bridgehead atoms. The van der Waals surface area contributed by atoms with Crippen LogP contribution in [0.3, 0.4) is 0 Å². The Balaban J connectivity index is 1.33. The van der Waals surface area contributed by atoms with Crippen molar-refractivity contribution in [3.63, 3.8) is 0 Å². The molecular formula is C38H44N2O5. The highest BCUT2D eigenvalue weighted by molar-refractivity contribution is 5.86. The zero-order chi connectivity index (χ0) is 31.4. The minimum absolute atomic E-state index is 0.0336. The van der Waals surface area contributed by atoms with E-state index in [1.54, 1.807) is 4.90 Å². The van der Waals surface area contributed by atoms with Crippen molar-refractivity contribution in [2.75, 3.05) is 13.2 Å². The molecule has 3 aromatic carbocycles. The Kier molecular flexibility index (Phi) is 11.6. The fourth-order valence-corrected chi connectivity index (χ4v) is 6.39. The number of carbonyl (C=O) groups excluding carboxylic acids is 3. The number of cyclic esters (lactones) is 1. The third-order valence-corrected chi connectivity index (χ3v) is 8.95. The van der Waals surface area contributed by atoms with Gasteiger partial charge in [0.2, 0.25) is 11.8 Å². The minimum Gasteiger partial charge on any atom is -0.463 e. The van der Waals surface area contributed by atoms with E-state index in [-0.39, 0.29) is 49.4 Å². The maximum absolute atomic E-state index is 13.8. The van der Waals surface area contributed by atoms with Crippen molar-refractivity contribution < 1.29 is 24.2 Å². The number of aliphatic hydroxyl groups excluding tert-OH is 1. The Labute approximate surface area is 266 Å². The van der Waals surface area contributed by atoms with Gasteiger partial charge in [0.05, 0.1) is 30.5 Å². The number of fused-ring (bicyclic) bond motifs is 1. The van der Waals surface area contributed by atoms with Crippen LogP contribution in [0.25, 0.3) is 0 Å². The number of hydrogen-bond acceptors (Lipinski definition) is 5. The first-order chi connectivity index (χ1) is 22.0. The number of rotatable bonds is 7. The Morgan fingerprint density at radius 2 is 1.51 bits per heavy atom. The number of hydrogen-bond donors (Lipinski definition) is 2. The Bertz CT molecular complexity index is 1440. The molecule has 4 atom stereocenters. The molecule has 0 spiro atoms. The van der Waals surface area contributed by atoms with Crippen LogP contribution in [0.1, 0.15) is 54.4 Å². The van der Waals surface area contributed by atoms with Crippen molar-refractivity contribution in [1.29, 1.82) is 0 Å². The van der Waals surface area contributed by atoms with Crippen molar-refractivity contribution in [2.45, 2.75) is 70.0 Å². The lowest BCUT2D eigenvalue weighted by Gasteiger charge is -2.36. The van der Waals surface area contributed by atoms with Crippen LogP contribution < -0.4 is 5.32 Å². The predicted octanol–water partition coefficient (Wildman–Crippen LogP) is 5.20. The van der Waals surface area contributed by atoms with Gasteiger partial charge in [-0.15, -0.1) is 0 Å². The van der Waals surface area contributed by atoms with Gasteiger partial charge in [0, 0.05) is 13.0 Å². The minimum atomic E-state index is -0.590. The first-order valence-electron chi connectivity index (χ1n) is 16.2. The fourth-order valence-electron chi connectivity index (χ4n) is 6.39. The monoisotopic (exact) mass is 608 g/mol. The third kappa shape index (κ3) is 9.14. The highest BCUT2D eigenvalue weighted by Crippen LogP contribution is 2.26. The molecule has 45 heavy (non-hydrogen) atoms. The summed E-state index contributed by atoms with van der Waals surface area (Å²) in [7, 11) is 0. The zero-order valence-electron chi connectivity index (χ0n) is 25.9. The molecule has 7 heteroatoms. The smallest absolute Gasteiger partial charge is 0.309 e. The summed E-state index contributed by atoms with van der Waals surface area (Å²) in [5.41, 5.74) is 4.33. The van der Waals surface area contributed by atoms with Crippen LogP contribution in [0.5, 0.6) is 0 Å². The molecule has 0 aromatic heterocycles. The van der Waals surface area contributed by atoms with E-state index < -0.39 is 12.0 Å². The summed E-state index contributed by atoms with van der Waals surface area (Å²) >= 11 is 0. The largest absolute Gasteiger partial charge is 0.463 e. The van der Waals surface area contributed by atoms with Crippen LogP contribution in [-0.4, -0.2) is 53.1 Å². The second-order valence-corrected chi connectivity index (χ2v) is 12.3. The highest BCUT2D eigenvalue weighted by Gasteiger charge is 2.33. The predicted molar refractivity (Wildman–Crippen MR) is 174 cm³/mol.